The first-order valence-electron chi connectivity index (χ1n) is 9.78. The lowest BCUT2D eigenvalue weighted by Crippen LogP contribution is -2.37. The van der Waals surface area contributed by atoms with E-state index in [0.717, 1.165) is 48.4 Å². The molecule has 0 bridgehead atoms. The molecule has 0 unspecified atom stereocenters. The van der Waals surface area contributed by atoms with E-state index in [-0.39, 0.29) is 11.8 Å². The number of hydrogen-bond acceptors (Lipinski definition) is 4. The molecule has 0 spiro atoms. The summed E-state index contributed by atoms with van der Waals surface area (Å²) in [5.74, 6) is 0.133. The quantitative estimate of drug-likeness (QED) is 0.652. The number of rotatable bonds is 3. The van der Waals surface area contributed by atoms with Gasteiger partial charge in [-0.1, -0.05) is 37.6 Å². The van der Waals surface area contributed by atoms with E-state index < -0.39 is 0 Å². The molecule has 1 fully saturated rings. The van der Waals surface area contributed by atoms with Crippen LogP contribution >= 0.6 is 11.6 Å². The van der Waals surface area contributed by atoms with Gasteiger partial charge in [-0.2, -0.15) is 5.10 Å². The number of amides is 1. The average Bonchev–Trinajstić information content (AvgIpc) is 3.09. The zero-order valence-corrected chi connectivity index (χ0v) is 17.2. The molecule has 1 saturated heterocycles. The van der Waals surface area contributed by atoms with Crippen molar-refractivity contribution in [1.82, 2.24) is 24.7 Å². The molecule has 0 saturated carbocycles. The summed E-state index contributed by atoms with van der Waals surface area (Å²) in [6.45, 7) is 7.64. The third kappa shape index (κ3) is 3.26. The van der Waals surface area contributed by atoms with Crippen LogP contribution in [0.15, 0.2) is 24.3 Å². The Morgan fingerprint density at radius 3 is 2.57 bits per heavy atom. The van der Waals surface area contributed by atoms with Crippen LogP contribution in [0.2, 0.25) is 5.02 Å². The third-order valence-electron chi connectivity index (χ3n) is 5.30. The molecule has 3 heterocycles. The summed E-state index contributed by atoms with van der Waals surface area (Å²) in [7, 11) is 0. The molecule has 7 heteroatoms. The minimum absolute atomic E-state index is 0.0579. The van der Waals surface area contributed by atoms with Gasteiger partial charge in [-0.05, 0) is 49.8 Å². The number of carbonyl (C=O) groups excluding carboxylic acids is 1. The maximum absolute atomic E-state index is 13.0. The van der Waals surface area contributed by atoms with Crippen molar-refractivity contribution in [3.05, 3.63) is 46.4 Å². The van der Waals surface area contributed by atoms with E-state index in [1.807, 2.05) is 36.1 Å². The molecule has 4 rings (SSSR count). The molecule has 0 radical (unpaired) electrons. The number of halogens is 1. The largest absolute Gasteiger partial charge is 0.337 e. The first-order chi connectivity index (χ1) is 13.5. The molecule has 1 aliphatic rings. The van der Waals surface area contributed by atoms with Crippen LogP contribution in [-0.2, 0) is 0 Å². The van der Waals surface area contributed by atoms with E-state index >= 15 is 0 Å². The van der Waals surface area contributed by atoms with E-state index in [9.17, 15) is 4.79 Å². The second kappa shape index (κ2) is 7.51. The van der Waals surface area contributed by atoms with Crippen LogP contribution in [0.3, 0.4) is 0 Å². The lowest BCUT2D eigenvalue weighted by molar-refractivity contribution is 0.0715. The Morgan fingerprint density at radius 2 is 1.89 bits per heavy atom. The summed E-state index contributed by atoms with van der Waals surface area (Å²) >= 11 is 6.22. The molecule has 1 amide bonds. The van der Waals surface area contributed by atoms with E-state index in [2.05, 4.69) is 24.0 Å². The van der Waals surface area contributed by atoms with Crippen molar-refractivity contribution < 1.29 is 4.79 Å². The number of likely N-dealkylation sites (tertiary alicyclic amines) is 1. The van der Waals surface area contributed by atoms with Gasteiger partial charge in [-0.3, -0.25) is 4.79 Å². The molecule has 6 nitrogen and oxygen atoms in total. The van der Waals surface area contributed by atoms with Gasteiger partial charge in [-0.25, -0.2) is 4.52 Å². The zero-order chi connectivity index (χ0) is 19.8. The Labute approximate surface area is 169 Å². The Morgan fingerprint density at radius 1 is 1.14 bits per heavy atom. The van der Waals surface area contributed by atoms with Gasteiger partial charge in [0.25, 0.3) is 5.91 Å². The molecule has 1 aromatic carbocycles. The fourth-order valence-electron chi connectivity index (χ4n) is 3.79. The Kier molecular flexibility index (Phi) is 5.06. The van der Waals surface area contributed by atoms with Crippen molar-refractivity contribution >= 4 is 23.2 Å². The number of carbonyl (C=O) groups is 1. The van der Waals surface area contributed by atoms with Gasteiger partial charge in [-0.15, -0.1) is 10.2 Å². The van der Waals surface area contributed by atoms with Crippen LogP contribution in [0, 0.1) is 6.92 Å². The standard InChI is InChI=1S/C21H24ClN5O/c1-13(2)18-17(15-8-7-9-16(22)12-15)20-24-23-19(14(3)27(20)25-18)21(28)26-10-5-4-6-11-26/h7-9,12-13H,4-6,10-11H2,1-3H3. The van der Waals surface area contributed by atoms with Crippen LogP contribution in [-0.4, -0.2) is 43.7 Å². The summed E-state index contributed by atoms with van der Waals surface area (Å²) in [5.41, 5.74) is 4.54. The third-order valence-corrected chi connectivity index (χ3v) is 5.53. The molecular weight excluding hydrogens is 374 g/mol. The predicted octanol–water partition coefficient (Wildman–Crippen LogP) is 4.50. The highest BCUT2D eigenvalue weighted by Gasteiger charge is 2.26. The SMILES string of the molecule is Cc1c(C(=O)N2CCCCC2)nnc2c(-c3cccc(Cl)c3)c(C(C)C)nn12. The number of benzene rings is 1. The monoisotopic (exact) mass is 397 g/mol. The average molecular weight is 398 g/mol. The molecule has 0 N–H and O–H groups in total. The van der Waals surface area contributed by atoms with Gasteiger partial charge in [0.15, 0.2) is 11.3 Å². The van der Waals surface area contributed by atoms with E-state index in [1.165, 1.54) is 6.42 Å². The predicted molar refractivity (Wildman–Crippen MR) is 110 cm³/mol. The number of aromatic nitrogens is 4. The van der Waals surface area contributed by atoms with Gasteiger partial charge in [0.05, 0.1) is 17.0 Å². The summed E-state index contributed by atoms with van der Waals surface area (Å²) in [6, 6.07) is 7.67. The van der Waals surface area contributed by atoms with Crippen LogP contribution < -0.4 is 0 Å². The number of nitrogens with zero attached hydrogens (tertiary/aromatic N) is 5. The van der Waals surface area contributed by atoms with Crippen molar-refractivity contribution in [3.8, 4) is 11.1 Å². The molecule has 146 valence electrons. The van der Waals surface area contributed by atoms with E-state index in [4.69, 9.17) is 16.7 Å². The number of aryl methyl sites for hydroxylation is 1. The van der Waals surface area contributed by atoms with Crippen molar-refractivity contribution in [2.45, 2.75) is 46.0 Å². The fourth-order valence-corrected chi connectivity index (χ4v) is 3.98. The maximum Gasteiger partial charge on any atom is 0.276 e. The van der Waals surface area contributed by atoms with Crippen LogP contribution in [0.4, 0.5) is 0 Å². The maximum atomic E-state index is 13.0. The summed E-state index contributed by atoms with van der Waals surface area (Å²) in [4.78, 5) is 14.8. The molecule has 0 atom stereocenters. The van der Waals surface area contributed by atoms with Gasteiger partial charge in [0.2, 0.25) is 0 Å². The number of fused-ring (bicyclic) bond motifs is 1. The lowest BCUT2D eigenvalue weighted by Gasteiger charge is -2.26. The van der Waals surface area contributed by atoms with Crippen molar-refractivity contribution in [2.24, 2.45) is 0 Å². The van der Waals surface area contributed by atoms with E-state index in [1.54, 1.807) is 4.52 Å². The molecule has 0 aliphatic carbocycles. The van der Waals surface area contributed by atoms with Crippen LogP contribution in [0.25, 0.3) is 16.8 Å². The van der Waals surface area contributed by atoms with Crippen LogP contribution in [0.1, 0.15) is 60.9 Å². The lowest BCUT2D eigenvalue weighted by atomic mass is 9.99. The highest BCUT2D eigenvalue weighted by atomic mass is 35.5. The van der Waals surface area contributed by atoms with Crippen molar-refractivity contribution in [1.29, 1.82) is 0 Å². The smallest absolute Gasteiger partial charge is 0.276 e. The second-order valence-electron chi connectivity index (χ2n) is 7.65. The minimum atomic E-state index is -0.0579. The van der Waals surface area contributed by atoms with Gasteiger partial charge in [0.1, 0.15) is 0 Å². The van der Waals surface area contributed by atoms with Crippen LogP contribution in [0.5, 0.6) is 0 Å². The van der Waals surface area contributed by atoms with Gasteiger partial charge < -0.3 is 4.90 Å². The Balaban J connectivity index is 1.86. The van der Waals surface area contributed by atoms with Gasteiger partial charge >= 0.3 is 0 Å². The van der Waals surface area contributed by atoms with E-state index in [0.29, 0.717) is 16.4 Å². The second-order valence-corrected chi connectivity index (χ2v) is 8.08. The summed E-state index contributed by atoms with van der Waals surface area (Å²) < 4.78 is 1.76. The van der Waals surface area contributed by atoms with Gasteiger partial charge in [0, 0.05) is 18.1 Å². The minimum Gasteiger partial charge on any atom is -0.337 e. The highest BCUT2D eigenvalue weighted by Crippen LogP contribution is 2.33. The molecule has 3 aromatic rings. The van der Waals surface area contributed by atoms with Crippen molar-refractivity contribution in [3.63, 3.8) is 0 Å². The first kappa shape index (κ1) is 18.9. The molecular formula is C21H24ClN5O. The first-order valence-corrected chi connectivity index (χ1v) is 10.2. The zero-order valence-electron chi connectivity index (χ0n) is 16.4. The normalized spacial score (nSPS) is 14.8. The Hall–Kier alpha value is -2.47. The molecule has 1 aliphatic heterocycles. The summed E-state index contributed by atoms with van der Waals surface area (Å²) in [6.07, 6.45) is 3.25. The topological polar surface area (TPSA) is 63.4 Å². The molecule has 28 heavy (non-hydrogen) atoms. The molecule has 2 aromatic heterocycles. The van der Waals surface area contributed by atoms with Crippen molar-refractivity contribution in [2.75, 3.05) is 13.1 Å². The highest BCUT2D eigenvalue weighted by molar-refractivity contribution is 6.30. The summed E-state index contributed by atoms with van der Waals surface area (Å²) in [5, 5.41) is 14.2. The Bertz CT molecular complexity index is 1040. The number of piperidine rings is 1. The fraction of sp³-hybridized carbons (Fsp3) is 0.429. The number of hydrogen-bond donors (Lipinski definition) is 0.